The van der Waals surface area contributed by atoms with Gasteiger partial charge in [0.25, 0.3) is 0 Å². The number of carbonyl (C=O) groups is 1. The van der Waals surface area contributed by atoms with Gasteiger partial charge in [0.15, 0.2) is 0 Å². The molecule has 2 aromatic rings. The molecule has 0 aromatic heterocycles. The van der Waals surface area contributed by atoms with Crippen LogP contribution in [0.25, 0.3) is 11.1 Å². The predicted molar refractivity (Wildman–Crippen MR) is 93.4 cm³/mol. The molecule has 0 saturated carbocycles. The summed E-state index contributed by atoms with van der Waals surface area (Å²) in [5.41, 5.74) is 3.09. The van der Waals surface area contributed by atoms with E-state index in [-0.39, 0.29) is 61.2 Å². The van der Waals surface area contributed by atoms with Crippen molar-refractivity contribution >= 4 is 13.5 Å². The van der Waals surface area contributed by atoms with Crippen molar-refractivity contribution < 1.29 is 53.5 Å². The molecule has 0 heterocycles. The van der Waals surface area contributed by atoms with Crippen molar-refractivity contribution in [2.24, 2.45) is 0 Å². The zero-order chi connectivity index (χ0) is 18.3. The number of nitrogens with zero attached hydrogens (tertiary/aromatic N) is 1. The van der Waals surface area contributed by atoms with Crippen molar-refractivity contribution in [1.82, 2.24) is 5.06 Å². The van der Waals surface area contributed by atoms with E-state index >= 15 is 0 Å². The molecule has 2 rings (SSSR count). The minimum atomic E-state index is -4.31. The topological polar surface area (TPSA) is 89.9 Å². The Morgan fingerprint density at radius 3 is 2.23 bits per heavy atom. The molecule has 0 aliphatic rings. The standard InChI is InChI=1S/C18H22NO5P.Na/c1-15(20)19(12-5-13-25(21,22)23)24-14-16-8-10-18(11-9-16)17-6-3-2-4-7-17;/h2-4,6-11H,5,12-14H2,1H3,(H2,21,22,23);/q;+1/p-1. The Morgan fingerprint density at radius 1 is 1.12 bits per heavy atom. The molecule has 134 valence electrons. The fraction of sp³-hybridized carbons (Fsp3) is 0.278. The molecule has 0 fully saturated rings. The van der Waals surface area contributed by atoms with Gasteiger partial charge in [-0.05, 0) is 23.1 Å². The van der Waals surface area contributed by atoms with Gasteiger partial charge in [-0.15, -0.1) is 0 Å². The second kappa shape index (κ2) is 11.0. The van der Waals surface area contributed by atoms with E-state index in [1.165, 1.54) is 6.92 Å². The average molecular weight is 385 g/mol. The van der Waals surface area contributed by atoms with Gasteiger partial charge in [-0.3, -0.25) is 9.63 Å². The smallest absolute Gasteiger partial charge is 0.779 e. The zero-order valence-corrected chi connectivity index (χ0v) is 17.9. The number of amides is 1. The molecule has 8 heteroatoms. The van der Waals surface area contributed by atoms with Crippen LogP contribution in [0.5, 0.6) is 0 Å². The van der Waals surface area contributed by atoms with E-state index in [0.717, 1.165) is 21.8 Å². The van der Waals surface area contributed by atoms with E-state index < -0.39 is 7.60 Å². The van der Waals surface area contributed by atoms with Gasteiger partial charge in [-0.1, -0.05) is 54.6 Å². The normalized spacial score (nSPS) is 12.7. The third-order valence-corrected chi connectivity index (χ3v) is 4.48. The first-order valence-electron chi connectivity index (χ1n) is 7.93. The van der Waals surface area contributed by atoms with Crippen LogP contribution in [-0.2, 0) is 20.8 Å². The fourth-order valence-corrected chi connectivity index (χ4v) is 2.84. The maximum Gasteiger partial charge on any atom is 1.00 e. The molecular weight excluding hydrogens is 364 g/mol. The SMILES string of the molecule is CC(=O)N(CCCP(=O)([O-])O)OCc1ccc(-c2ccccc2)cc1.[Na+]. The van der Waals surface area contributed by atoms with Crippen LogP contribution in [0, 0.1) is 0 Å². The number of hydrogen-bond donors (Lipinski definition) is 1. The molecular formula is C18H21NNaO5P. The number of hydrogen-bond acceptors (Lipinski definition) is 4. The maximum atomic E-state index is 11.6. The van der Waals surface area contributed by atoms with Crippen LogP contribution in [0.1, 0.15) is 18.9 Å². The number of hydroxylamine groups is 2. The Bertz CT molecular complexity index is 733. The van der Waals surface area contributed by atoms with E-state index in [4.69, 9.17) is 9.73 Å². The number of benzene rings is 2. The van der Waals surface area contributed by atoms with Crippen LogP contribution < -0.4 is 34.5 Å². The summed E-state index contributed by atoms with van der Waals surface area (Å²) in [4.78, 5) is 36.5. The zero-order valence-electron chi connectivity index (χ0n) is 15.0. The van der Waals surface area contributed by atoms with Crippen LogP contribution in [0.2, 0.25) is 0 Å². The summed E-state index contributed by atoms with van der Waals surface area (Å²) in [6.45, 7) is 1.64. The second-order valence-corrected chi connectivity index (χ2v) is 7.39. The Balaban J connectivity index is 0.00000338. The van der Waals surface area contributed by atoms with Gasteiger partial charge in [0.1, 0.15) is 14.2 Å². The second-order valence-electron chi connectivity index (χ2n) is 5.67. The first kappa shape index (κ1) is 23.1. The van der Waals surface area contributed by atoms with Crippen molar-refractivity contribution in [2.45, 2.75) is 20.0 Å². The molecule has 0 radical (unpaired) electrons. The van der Waals surface area contributed by atoms with Crippen molar-refractivity contribution in [3.8, 4) is 11.1 Å². The molecule has 6 nitrogen and oxygen atoms in total. The molecule has 0 aliphatic heterocycles. The van der Waals surface area contributed by atoms with E-state index in [2.05, 4.69) is 0 Å². The molecule has 0 bridgehead atoms. The Kier molecular flexibility index (Phi) is 9.75. The van der Waals surface area contributed by atoms with Crippen LogP contribution in [0.3, 0.4) is 0 Å². The summed E-state index contributed by atoms with van der Waals surface area (Å²) >= 11 is 0. The number of carbonyl (C=O) groups excluding carboxylic acids is 1. The van der Waals surface area contributed by atoms with Crippen LogP contribution in [0.15, 0.2) is 54.6 Å². The van der Waals surface area contributed by atoms with Gasteiger partial charge in [-0.25, -0.2) is 5.06 Å². The molecule has 1 amide bonds. The molecule has 26 heavy (non-hydrogen) atoms. The summed E-state index contributed by atoms with van der Waals surface area (Å²) in [7, 11) is -4.31. The van der Waals surface area contributed by atoms with Crippen LogP contribution in [-0.4, -0.2) is 28.6 Å². The van der Waals surface area contributed by atoms with E-state index in [9.17, 15) is 14.3 Å². The molecule has 1 atom stereocenters. The van der Waals surface area contributed by atoms with Gasteiger partial charge >= 0.3 is 29.6 Å². The van der Waals surface area contributed by atoms with Crippen LogP contribution >= 0.6 is 7.60 Å². The predicted octanol–water partition coefficient (Wildman–Crippen LogP) is -0.426. The van der Waals surface area contributed by atoms with Gasteiger partial charge in [0, 0.05) is 19.6 Å². The molecule has 0 spiro atoms. The van der Waals surface area contributed by atoms with Gasteiger partial charge in [-0.2, -0.15) is 0 Å². The summed E-state index contributed by atoms with van der Waals surface area (Å²) in [6, 6.07) is 17.8. The Labute approximate surface area is 175 Å². The van der Waals surface area contributed by atoms with Crippen molar-refractivity contribution in [1.29, 1.82) is 0 Å². The fourth-order valence-electron chi connectivity index (χ4n) is 2.30. The quantitative estimate of drug-likeness (QED) is 0.379. The number of rotatable bonds is 8. The summed E-state index contributed by atoms with van der Waals surface area (Å²) in [6.07, 6.45) is -0.268. The van der Waals surface area contributed by atoms with Gasteiger partial charge < -0.3 is 14.4 Å². The molecule has 2 aromatic carbocycles. The van der Waals surface area contributed by atoms with Crippen molar-refractivity contribution in [2.75, 3.05) is 12.7 Å². The largest absolute Gasteiger partial charge is 1.00 e. The van der Waals surface area contributed by atoms with Gasteiger partial charge in [0.05, 0.1) is 0 Å². The van der Waals surface area contributed by atoms with E-state index in [1.54, 1.807) is 0 Å². The third-order valence-electron chi connectivity index (χ3n) is 3.60. The summed E-state index contributed by atoms with van der Waals surface area (Å²) in [5.74, 6) is -0.320. The molecule has 1 N–H and O–H groups in total. The van der Waals surface area contributed by atoms with Crippen molar-refractivity contribution in [3.05, 3.63) is 60.2 Å². The maximum absolute atomic E-state index is 11.6. The Morgan fingerprint density at radius 2 is 1.69 bits per heavy atom. The monoisotopic (exact) mass is 385 g/mol. The average Bonchev–Trinajstić information content (AvgIpc) is 2.58. The first-order valence-corrected chi connectivity index (χ1v) is 9.69. The molecule has 1 unspecified atom stereocenters. The molecule has 0 saturated heterocycles. The summed E-state index contributed by atoms with van der Waals surface area (Å²) in [5, 5.41) is 1.11. The third kappa shape index (κ3) is 8.14. The molecule has 0 aliphatic carbocycles. The first-order chi connectivity index (χ1) is 11.8. The van der Waals surface area contributed by atoms with E-state index in [0.29, 0.717) is 0 Å². The summed E-state index contributed by atoms with van der Waals surface area (Å²) < 4.78 is 10.7. The Hall–Kier alpha value is -0.980. The minimum absolute atomic E-state index is 0. The van der Waals surface area contributed by atoms with E-state index in [1.807, 2.05) is 54.6 Å². The minimum Gasteiger partial charge on any atom is -0.779 e. The van der Waals surface area contributed by atoms with Gasteiger partial charge in [0.2, 0.25) is 5.91 Å². The van der Waals surface area contributed by atoms with Crippen LogP contribution in [0.4, 0.5) is 0 Å². The van der Waals surface area contributed by atoms with Crippen molar-refractivity contribution in [3.63, 3.8) is 0 Å².